The molecule has 1 saturated heterocycles. The molecule has 1 atom stereocenters. The van der Waals surface area contributed by atoms with Gasteiger partial charge in [-0.3, -0.25) is 0 Å². The average Bonchev–Trinajstić information content (AvgIpc) is 2.30. The standard InChI is InChI=1S/C15H30N2/c1-13(2)11-17-10-6-9-15(12-17)16-14-7-4-3-5-8-14/h13-16H,3-12H2,1-2H3. The van der Waals surface area contributed by atoms with Crippen LogP contribution in [0.1, 0.15) is 58.8 Å². The predicted molar refractivity (Wildman–Crippen MR) is 74.3 cm³/mol. The van der Waals surface area contributed by atoms with Crippen molar-refractivity contribution in [1.29, 1.82) is 0 Å². The normalized spacial score (nSPS) is 28.8. The van der Waals surface area contributed by atoms with E-state index in [9.17, 15) is 0 Å². The largest absolute Gasteiger partial charge is 0.310 e. The fourth-order valence-electron chi connectivity index (χ4n) is 3.48. The lowest BCUT2D eigenvalue weighted by molar-refractivity contribution is 0.161. The molecule has 1 aliphatic heterocycles. The molecule has 0 aromatic heterocycles. The van der Waals surface area contributed by atoms with Crippen LogP contribution in [0, 0.1) is 5.92 Å². The van der Waals surface area contributed by atoms with Crippen molar-refractivity contribution < 1.29 is 0 Å². The summed E-state index contributed by atoms with van der Waals surface area (Å²) in [5.74, 6) is 0.809. The van der Waals surface area contributed by atoms with E-state index in [1.165, 1.54) is 64.6 Å². The van der Waals surface area contributed by atoms with Crippen molar-refractivity contribution >= 4 is 0 Å². The van der Waals surface area contributed by atoms with Gasteiger partial charge in [0, 0.05) is 25.2 Å². The minimum absolute atomic E-state index is 0.769. The molecule has 2 heteroatoms. The van der Waals surface area contributed by atoms with Crippen LogP contribution in [-0.4, -0.2) is 36.6 Å². The van der Waals surface area contributed by atoms with Crippen molar-refractivity contribution in [2.45, 2.75) is 70.9 Å². The van der Waals surface area contributed by atoms with Gasteiger partial charge in [0.25, 0.3) is 0 Å². The predicted octanol–water partition coefficient (Wildman–Crippen LogP) is 3.03. The van der Waals surface area contributed by atoms with Crippen molar-refractivity contribution in [3.63, 3.8) is 0 Å². The fourth-order valence-corrected chi connectivity index (χ4v) is 3.48. The Bertz CT molecular complexity index is 209. The third-order valence-electron chi connectivity index (χ3n) is 4.21. The minimum atomic E-state index is 0.769. The van der Waals surface area contributed by atoms with Crippen molar-refractivity contribution in [2.75, 3.05) is 19.6 Å². The Morgan fingerprint density at radius 1 is 1.00 bits per heavy atom. The van der Waals surface area contributed by atoms with Crippen LogP contribution in [-0.2, 0) is 0 Å². The quantitative estimate of drug-likeness (QED) is 0.810. The second kappa shape index (κ2) is 6.75. The summed E-state index contributed by atoms with van der Waals surface area (Å²) < 4.78 is 0. The molecule has 2 rings (SSSR count). The van der Waals surface area contributed by atoms with Gasteiger partial charge in [-0.25, -0.2) is 0 Å². The second-order valence-corrected chi connectivity index (χ2v) is 6.49. The summed E-state index contributed by atoms with van der Waals surface area (Å²) in [6.07, 6.45) is 9.96. The summed E-state index contributed by atoms with van der Waals surface area (Å²) in [5.41, 5.74) is 0. The zero-order valence-electron chi connectivity index (χ0n) is 11.8. The van der Waals surface area contributed by atoms with Gasteiger partial charge in [0.2, 0.25) is 0 Å². The molecule has 2 aliphatic rings. The van der Waals surface area contributed by atoms with E-state index in [-0.39, 0.29) is 0 Å². The van der Waals surface area contributed by atoms with Crippen LogP contribution in [0.2, 0.25) is 0 Å². The smallest absolute Gasteiger partial charge is 0.0198 e. The maximum atomic E-state index is 3.92. The number of nitrogens with zero attached hydrogens (tertiary/aromatic N) is 1. The molecule has 0 spiro atoms. The molecular formula is C15H30N2. The highest BCUT2D eigenvalue weighted by molar-refractivity contribution is 4.83. The molecule has 100 valence electrons. The molecule has 17 heavy (non-hydrogen) atoms. The first-order chi connectivity index (χ1) is 8.24. The average molecular weight is 238 g/mol. The van der Waals surface area contributed by atoms with Crippen LogP contribution in [0.4, 0.5) is 0 Å². The lowest BCUT2D eigenvalue weighted by Crippen LogP contribution is -2.50. The summed E-state index contributed by atoms with van der Waals surface area (Å²) in [5, 5.41) is 3.92. The summed E-state index contributed by atoms with van der Waals surface area (Å²) in [7, 11) is 0. The van der Waals surface area contributed by atoms with Crippen molar-refractivity contribution in [2.24, 2.45) is 5.92 Å². The Labute approximate surface area is 107 Å². The number of hydrogen-bond acceptors (Lipinski definition) is 2. The molecule has 2 nitrogen and oxygen atoms in total. The molecule has 1 N–H and O–H groups in total. The SMILES string of the molecule is CC(C)CN1CCCC(NC2CCCCC2)C1. The first kappa shape index (κ1) is 13.4. The van der Waals surface area contributed by atoms with E-state index >= 15 is 0 Å². The topological polar surface area (TPSA) is 15.3 Å². The zero-order chi connectivity index (χ0) is 12.1. The molecule has 1 heterocycles. The Kier molecular flexibility index (Phi) is 5.30. The van der Waals surface area contributed by atoms with Crippen LogP contribution < -0.4 is 5.32 Å². The van der Waals surface area contributed by atoms with E-state index < -0.39 is 0 Å². The van der Waals surface area contributed by atoms with E-state index in [1.54, 1.807) is 0 Å². The number of piperidine rings is 1. The first-order valence-electron chi connectivity index (χ1n) is 7.72. The molecule has 0 aromatic carbocycles. The maximum absolute atomic E-state index is 3.92. The van der Waals surface area contributed by atoms with E-state index in [1.807, 2.05) is 0 Å². The van der Waals surface area contributed by atoms with Crippen molar-refractivity contribution in [1.82, 2.24) is 10.2 Å². The molecule has 0 bridgehead atoms. The van der Waals surface area contributed by atoms with Gasteiger partial charge >= 0.3 is 0 Å². The second-order valence-electron chi connectivity index (χ2n) is 6.49. The highest BCUT2D eigenvalue weighted by Crippen LogP contribution is 2.20. The fraction of sp³-hybridized carbons (Fsp3) is 1.00. The molecular weight excluding hydrogens is 208 g/mol. The van der Waals surface area contributed by atoms with Gasteiger partial charge in [-0.2, -0.15) is 0 Å². The summed E-state index contributed by atoms with van der Waals surface area (Å²) in [6.45, 7) is 8.55. The third-order valence-corrected chi connectivity index (χ3v) is 4.21. The van der Waals surface area contributed by atoms with Crippen LogP contribution in [0.3, 0.4) is 0 Å². The highest BCUT2D eigenvalue weighted by Gasteiger charge is 2.23. The highest BCUT2D eigenvalue weighted by atomic mass is 15.2. The van der Waals surface area contributed by atoms with Gasteiger partial charge in [-0.1, -0.05) is 33.1 Å². The van der Waals surface area contributed by atoms with Crippen LogP contribution in [0.15, 0.2) is 0 Å². The van der Waals surface area contributed by atoms with E-state index in [2.05, 4.69) is 24.1 Å². The maximum Gasteiger partial charge on any atom is 0.0198 e. The first-order valence-corrected chi connectivity index (χ1v) is 7.72. The van der Waals surface area contributed by atoms with Gasteiger partial charge in [-0.15, -0.1) is 0 Å². The van der Waals surface area contributed by atoms with Crippen LogP contribution >= 0.6 is 0 Å². The Hall–Kier alpha value is -0.0800. The molecule has 0 aromatic rings. The number of hydrogen-bond donors (Lipinski definition) is 1. The Morgan fingerprint density at radius 2 is 1.71 bits per heavy atom. The van der Waals surface area contributed by atoms with Gasteiger partial charge in [0.05, 0.1) is 0 Å². The number of rotatable bonds is 4. The molecule has 1 aliphatic carbocycles. The van der Waals surface area contributed by atoms with E-state index in [4.69, 9.17) is 0 Å². The molecule has 1 unspecified atom stereocenters. The summed E-state index contributed by atoms with van der Waals surface area (Å²) >= 11 is 0. The third kappa shape index (κ3) is 4.59. The van der Waals surface area contributed by atoms with Crippen LogP contribution in [0.25, 0.3) is 0 Å². The van der Waals surface area contributed by atoms with Gasteiger partial charge < -0.3 is 10.2 Å². The number of nitrogens with one attached hydrogen (secondary N) is 1. The van der Waals surface area contributed by atoms with Crippen molar-refractivity contribution in [3.05, 3.63) is 0 Å². The molecule has 0 amide bonds. The van der Waals surface area contributed by atoms with E-state index in [0.29, 0.717) is 0 Å². The molecule has 1 saturated carbocycles. The number of likely N-dealkylation sites (tertiary alicyclic amines) is 1. The molecule has 2 fully saturated rings. The monoisotopic (exact) mass is 238 g/mol. The summed E-state index contributed by atoms with van der Waals surface area (Å²) in [6, 6.07) is 1.60. The molecule has 0 radical (unpaired) electrons. The van der Waals surface area contributed by atoms with Crippen molar-refractivity contribution in [3.8, 4) is 0 Å². The Morgan fingerprint density at radius 3 is 2.41 bits per heavy atom. The minimum Gasteiger partial charge on any atom is -0.310 e. The zero-order valence-corrected chi connectivity index (χ0v) is 11.8. The van der Waals surface area contributed by atoms with Gasteiger partial charge in [-0.05, 0) is 38.1 Å². The lowest BCUT2D eigenvalue weighted by atomic mass is 9.93. The summed E-state index contributed by atoms with van der Waals surface area (Å²) in [4.78, 5) is 2.66. The lowest BCUT2D eigenvalue weighted by Gasteiger charge is -2.37. The van der Waals surface area contributed by atoms with Crippen LogP contribution in [0.5, 0.6) is 0 Å². The van der Waals surface area contributed by atoms with Gasteiger partial charge in [0.15, 0.2) is 0 Å². The van der Waals surface area contributed by atoms with E-state index in [0.717, 1.165) is 18.0 Å². The van der Waals surface area contributed by atoms with Gasteiger partial charge in [0.1, 0.15) is 0 Å². The Balaban J connectivity index is 1.72.